The number of hydrogen-bond donors (Lipinski definition) is 4. The van der Waals surface area contributed by atoms with E-state index in [1.165, 1.54) is 0 Å². The third-order valence-corrected chi connectivity index (χ3v) is 2.81. The van der Waals surface area contributed by atoms with Crippen molar-refractivity contribution in [3.05, 3.63) is 0 Å². The highest BCUT2D eigenvalue weighted by atomic mass is 16.5. The fourth-order valence-corrected chi connectivity index (χ4v) is 1.85. The van der Waals surface area contributed by atoms with E-state index in [0.717, 1.165) is 6.42 Å². The first-order chi connectivity index (χ1) is 6.57. The second-order valence-corrected chi connectivity index (χ2v) is 3.88. The number of nitrogens with two attached hydrogens (primary N) is 1. The lowest BCUT2D eigenvalue weighted by molar-refractivity contribution is -0.221. The minimum atomic E-state index is -1.11. The molecule has 5 heteroatoms. The standard InChI is InChI=1S/C9H19NO4/c1-2-3-9(5-11)8(13)7(12)6(10)4-14-9/h6-8,11-13H,2-5,10H2,1H3/t6-,7+,8+,9+/m0/s1. The lowest BCUT2D eigenvalue weighted by Gasteiger charge is -2.44. The summed E-state index contributed by atoms with van der Waals surface area (Å²) in [7, 11) is 0. The molecule has 0 aromatic rings. The maximum Gasteiger partial charge on any atom is 0.120 e. The van der Waals surface area contributed by atoms with Crippen LogP contribution in [0.2, 0.25) is 0 Å². The molecule has 14 heavy (non-hydrogen) atoms. The summed E-state index contributed by atoms with van der Waals surface area (Å²) in [5.74, 6) is 0. The molecule has 5 nitrogen and oxygen atoms in total. The zero-order valence-corrected chi connectivity index (χ0v) is 8.39. The van der Waals surface area contributed by atoms with Gasteiger partial charge >= 0.3 is 0 Å². The van der Waals surface area contributed by atoms with Crippen molar-refractivity contribution >= 4 is 0 Å². The van der Waals surface area contributed by atoms with E-state index < -0.39 is 23.9 Å². The topological polar surface area (TPSA) is 95.9 Å². The molecule has 0 aromatic carbocycles. The summed E-state index contributed by atoms with van der Waals surface area (Å²) in [6.07, 6.45) is -0.868. The smallest absolute Gasteiger partial charge is 0.120 e. The third kappa shape index (κ3) is 1.92. The average molecular weight is 205 g/mol. The molecule has 1 aliphatic heterocycles. The molecular weight excluding hydrogens is 186 g/mol. The SMILES string of the molecule is CCC[C@]1(CO)OC[C@H](N)[C@@H](O)[C@H]1O. The van der Waals surface area contributed by atoms with Gasteiger partial charge < -0.3 is 25.8 Å². The van der Waals surface area contributed by atoms with Crippen LogP contribution < -0.4 is 5.73 Å². The summed E-state index contributed by atoms with van der Waals surface area (Å²) in [6.45, 7) is 1.79. The van der Waals surface area contributed by atoms with Crippen molar-refractivity contribution in [1.82, 2.24) is 0 Å². The van der Waals surface area contributed by atoms with Crippen LogP contribution in [0, 0.1) is 0 Å². The van der Waals surface area contributed by atoms with Gasteiger partial charge in [0.1, 0.15) is 17.8 Å². The maximum absolute atomic E-state index is 9.77. The van der Waals surface area contributed by atoms with Gasteiger partial charge in [-0.2, -0.15) is 0 Å². The minimum Gasteiger partial charge on any atom is -0.393 e. The largest absolute Gasteiger partial charge is 0.393 e. The van der Waals surface area contributed by atoms with Crippen LogP contribution in [0.3, 0.4) is 0 Å². The highest BCUT2D eigenvalue weighted by Crippen LogP contribution is 2.29. The first-order valence-corrected chi connectivity index (χ1v) is 4.94. The lowest BCUT2D eigenvalue weighted by atomic mass is 9.84. The molecule has 1 heterocycles. The zero-order chi connectivity index (χ0) is 10.8. The monoisotopic (exact) mass is 205 g/mol. The molecule has 84 valence electrons. The molecule has 0 amide bonds. The molecule has 0 spiro atoms. The summed E-state index contributed by atoms with van der Waals surface area (Å²) in [5, 5.41) is 28.6. The molecule has 1 aliphatic rings. The molecular formula is C9H19NO4. The van der Waals surface area contributed by atoms with Crippen LogP contribution in [0.5, 0.6) is 0 Å². The first-order valence-electron chi connectivity index (χ1n) is 4.94. The van der Waals surface area contributed by atoms with E-state index in [0.29, 0.717) is 6.42 Å². The number of aliphatic hydroxyl groups is 3. The normalized spacial score (nSPS) is 43.9. The van der Waals surface area contributed by atoms with Crippen LogP contribution in [0.15, 0.2) is 0 Å². The Kier molecular flexibility index (Phi) is 3.86. The fourth-order valence-electron chi connectivity index (χ4n) is 1.85. The van der Waals surface area contributed by atoms with E-state index in [-0.39, 0.29) is 13.2 Å². The van der Waals surface area contributed by atoms with Gasteiger partial charge in [-0.05, 0) is 6.42 Å². The van der Waals surface area contributed by atoms with Crippen molar-refractivity contribution in [2.75, 3.05) is 13.2 Å². The van der Waals surface area contributed by atoms with E-state index in [2.05, 4.69) is 0 Å². The van der Waals surface area contributed by atoms with Gasteiger partial charge in [0.05, 0.1) is 19.3 Å². The van der Waals surface area contributed by atoms with E-state index in [4.69, 9.17) is 10.5 Å². The molecule has 0 aliphatic carbocycles. The summed E-state index contributed by atoms with van der Waals surface area (Å²) < 4.78 is 5.37. The molecule has 0 radical (unpaired) electrons. The summed E-state index contributed by atoms with van der Waals surface area (Å²) >= 11 is 0. The number of aliphatic hydroxyl groups excluding tert-OH is 3. The first kappa shape index (κ1) is 11.9. The summed E-state index contributed by atoms with van der Waals surface area (Å²) in [4.78, 5) is 0. The second kappa shape index (κ2) is 4.55. The molecule has 1 rings (SSSR count). The van der Waals surface area contributed by atoms with Gasteiger partial charge in [-0.15, -0.1) is 0 Å². The van der Waals surface area contributed by atoms with Crippen molar-refractivity contribution in [3.8, 4) is 0 Å². The van der Waals surface area contributed by atoms with Crippen LogP contribution in [-0.4, -0.2) is 52.4 Å². The van der Waals surface area contributed by atoms with Crippen LogP contribution in [-0.2, 0) is 4.74 Å². The van der Waals surface area contributed by atoms with Crippen LogP contribution in [0.1, 0.15) is 19.8 Å². The molecule has 4 atom stereocenters. The Hall–Kier alpha value is -0.200. The van der Waals surface area contributed by atoms with Gasteiger partial charge in [0, 0.05) is 0 Å². The minimum absolute atomic E-state index is 0.165. The highest BCUT2D eigenvalue weighted by molar-refractivity contribution is 4.99. The Bertz CT molecular complexity index is 190. The molecule has 0 unspecified atom stereocenters. The van der Waals surface area contributed by atoms with Gasteiger partial charge in [0.25, 0.3) is 0 Å². The third-order valence-electron chi connectivity index (χ3n) is 2.81. The van der Waals surface area contributed by atoms with Crippen molar-refractivity contribution < 1.29 is 20.1 Å². The van der Waals surface area contributed by atoms with Crippen molar-refractivity contribution in [2.24, 2.45) is 5.73 Å². The number of ether oxygens (including phenoxy) is 1. The Morgan fingerprint density at radius 3 is 2.64 bits per heavy atom. The predicted octanol–water partition coefficient (Wildman–Crippen LogP) is -1.40. The summed E-state index contributed by atoms with van der Waals surface area (Å²) in [5.41, 5.74) is 4.49. The van der Waals surface area contributed by atoms with E-state index in [1.54, 1.807) is 0 Å². The van der Waals surface area contributed by atoms with Crippen LogP contribution in [0.25, 0.3) is 0 Å². The Balaban J connectivity index is 2.76. The number of hydrogen-bond acceptors (Lipinski definition) is 5. The van der Waals surface area contributed by atoms with Gasteiger partial charge in [-0.1, -0.05) is 13.3 Å². The molecule has 1 saturated heterocycles. The fraction of sp³-hybridized carbons (Fsp3) is 1.00. The van der Waals surface area contributed by atoms with Crippen molar-refractivity contribution in [3.63, 3.8) is 0 Å². The molecule has 0 saturated carbocycles. The van der Waals surface area contributed by atoms with Gasteiger partial charge in [-0.3, -0.25) is 0 Å². The molecule has 0 aromatic heterocycles. The summed E-state index contributed by atoms with van der Waals surface area (Å²) in [6, 6.07) is -0.582. The van der Waals surface area contributed by atoms with Crippen molar-refractivity contribution in [1.29, 1.82) is 0 Å². The van der Waals surface area contributed by atoms with Gasteiger partial charge in [0.15, 0.2) is 0 Å². The molecule has 5 N–H and O–H groups in total. The van der Waals surface area contributed by atoms with Crippen LogP contribution >= 0.6 is 0 Å². The van der Waals surface area contributed by atoms with E-state index >= 15 is 0 Å². The molecule has 1 fully saturated rings. The Labute approximate surface area is 83.5 Å². The Morgan fingerprint density at radius 2 is 2.14 bits per heavy atom. The van der Waals surface area contributed by atoms with Gasteiger partial charge in [-0.25, -0.2) is 0 Å². The van der Waals surface area contributed by atoms with E-state index in [1.807, 2.05) is 6.92 Å². The average Bonchev–Trinajstić information content (AvgIpc) is 2.20. The maximum atomic E-state index is 9.77. The molecule has 0 bridgehead atoms. The highest BCUT2D eigenvalue weighted by Gasteiger charge is 2.47. The lowest BCUT2D eigenvalue weighted by Crippen LogP contribution is -2.64. The van der Waals surface area contributed by atoms with Crippen LogP contribution in [0.4, 0.5) is 0 Å². The Morgan fingerprint density at radius 1 is 1.50 bits per heavy atom. The number of rotatable bonds is 3. The van der Waals surface area contributed by atoms with Gasteiger partial charge in [0.2, 0.25) is 0 Å². The van der Waals surface area contributed by atoms with E-state index in [9.17, 15) is 15.3 Å². The van der Waals surface area contributed by atoms with Crippen molar-refractivity contribution in [2.45, 2.75) is 43.6 Å². The zero-order valence-electron chi connectivity index (χ0n) is 8.39. The second-order valence-electron chi connectivity index (χ2n) is 3.88. The quantitative estimate of drug-likeness (QED) is 0.454. The predicted molar refractivity (Wildman–Crippen MR) is 50.7 cm³/mol.